The second-order valence-corrected chi connectivity index (χ2v) is 7.84. The molecule has 1 heterocycles. The lowest BCUT2D eigenvalue weighted by Gasteiger charge is -2.19. The Morgan fingerprint density at radius 1 is 0.812 bits per heavy atom. The van der Waals surface area contributed by atoms with Gasteiger partial charge in [0, 0.05) is 21.6 Å². The Labute approximate surface area is 189 Å². The molecule has 5 nitrogen and oxygen atoms in total. The molecule has 0 radical (unpaired) electrons. The zero-order valence-electron chi connectivity index (χ0n) is 16.6. The zero-order valence-corrected chi connectivity index (χ0v) is 17.5. The van der Waals surface area contributed by atoms with Crippen LogP contribution in [0.4, 0.5) is 0 Å². The molecule has 3 aromatic carbocycles. The molecule has 0 fully saturated rings. The highest BCUT2D eigenvalue weighted by atomic mass is 32.1. The molecule has 0 saturated heterocycles. The summed E-state index contributed by atoms with van der Waals surface area (Å²) in [7, 11) is 0. The largest absolute Gasteiger partial charge is 0.288 e. The van der Waals surface area contributed by atoms with E-state index in [4.69, 9.17) is 0 Å². The topological polar surface area (TPSA) is 78.2 Å². The molecule has 32 heavy (non-hydrogen) atoms. The fraction of sp³-hybridized carbons (Fsp3) is 0. The van der Waals surface area contributed by atoms with Crippen LogP contribution in [0, 0.1) is 11.3 Å². The van der Waals surface area contributed by atoms with Gasteiger partial charge >= 0.3 is 0 Å². The van der Waals surface area contributed by atoms with Gasteiger partial charge in [0.1, 0.15) is 6.07 Å². The number of benzene rings is 3. The molecule has 5 rings (SSSR count). The minimum Gasteiger partial charge on any atom is -0.288 e. The maximum atomic E-state index is 13.6. The lowest BCUT2D eigenvalue weighted by Crippen LogP contribution is -2.32. The van der Waals surface area contributed by atoms with Crippen molar-refractivity contribution in [2.24, 2.45) is 0 Å². The first-order valence-corrected chi connectivity index (χ1v) is 10.2. The highest BCUT2D eigenvalue weighted by Gasteiger charge is 2.47. The van der Waals surface area contributed by atoms with Gasteiger partial charge in [-0.25, -0.2) is 4.90 Å². The number of thiol groups is 1. The molecule has 0 unspecified atom stereocenters. The Morgan fingerprint density at radius 2 is 1.44 bits per heavy atom. The average Bonchev–Trinajstić information content (AvgIpc) is 3.13. The molecular formula is C26H14N2O3S. The van der Waals surface area contributed by atoms with Gasteiger partial charge in [0.05, 0.1) is 22.4 Å². The first-order chi connectivity index (χ1) is 15.5. The van der Waals surface area contributed by atoms with Gasteiger partial charge in [-0.3, -0.25) is 14.4 Å². The monoisotopic (exact) mass is 434 g/mol. The number of allylic oxidation sites excluding steroid dienone is 1. The lowest BCUT2D eigenvalue weighted by atomic mass is 9.81. The summed E-state index contributed by atoms with van der Waals surface area (Å²) in [5, 5.41) is 9.92. The summed E-state index contributed by atoms with van der Waals surface area (Å²) < 4.78 is 0. The molecule has 1 aliphatic carbocycles. The maximum Gasteiger partial charge on any atom is 0.267 e. The molecule has 0 saturated carbocycles. The van der Waals surface area contributed by atoms with Gasteiger partial charge in [0.15, 0.2) is 5.78 Å². The summed E-state index contributed by atoms with van der Waals surface area (Å²) in [6.45, 7) is 0. The number of imide groups is 1. The molecule has 0 atom stereocenters. The van der Waals surface area contributed by atoms with Crippen LogP contribution in [0.1, 0.15) is 31.8 Å². The number of fused-ring (bicyclic) bond motifs is 2. The number of amides is 2. The first-order valence-electron chi connectivity index (χ1n) is 9.79. The third kappa shape index (κ3) is 2.83. The summed E-state index contributed by atoms with van der Waals surface area (Å²) in [4.78, 5) is 42.3. The Kier molecular flexibility index (Phi) is 4.62. The molecule has 3 aromatic rings. The Hall–Kier alpha value is -4.21. The van der Waals surface area contributed by atoms with E-state index in [0.717, 1.165) is 4.90 Å². The van der Waals surface area contributed by atoms with Gasteiger partial charge in [-0.1, -0.05) is 54.6 Å². The Morgan fingerprint density at radius 3 is 2.09 bits per heavy atom. The van der Waals surface area contributed by atoms with Crippen LogP contribution in [0.5, 0.6) is 0 Å². The van der Waals surface area contributed by atoms with Gasteiger partial charge in [-0.2, -0.15) is 5.26 Å². The van der Waals surface area contributed by atoms with Crippen molar-refractivity contribution < 1.29 is 14.4 Å². The van der Waals surface area contributed by atoms with Gasteiger partial charge < -0.3 is 0 Å². The molecule has 0 aromatic heterocycles. The number of carbonyl (C=O) groups excluding carboxylic acids is 3. The number of nitriles is 1. The number of hydrogen-bond acceptors (Lipinski definition) is 5. The molecule has 0 spiro atoms. The number of carbonyl (C=O) groups is 3. The number of rotatable bonds is 2. The minimum atomic E-state index is -0.682. The molecule has 152 valence electrons. The number of nitrogens with zero attached hydrogens (tertiary/aromatic N) is 2. The lowest BCUT2D eigenvalue weighted by molar-refractivity contribution is -0.121. The SMILES string of the molecule is N#CC1=C2C(=O)N(C(=O)c3ccccc3)C(c3ccc(S)cc3)=C2C(=O)c2ccccc21. The zero-order chi connectivity index (χ0) is 22.4. The standard InChI is InChI=1S/C26H14N2O3S/c27-14-20-18-8-4-5-9-19(18)24(29)22-21(20)26(31)28(25(30)16-6-2-1-3-7-16)23(22)15-10-12-17(32)13-11-15/h1-13,32H. The Bertz CT molecular complexity index is 1430. The van der Waals surface area contributed by atoms with Crippen LogP contribution in [0.2, 0.25) is 0 Å². The maximum absolute atomic E-state index is 13.6. The molecule has 2 amide bonds. The number of Topliss-reactive ketones (excluding diaryl/α,β-unsaturated/α-hetero) is 1. The van der Waals surface area contributed by atoms with Crippen LogP contribution in [0.25, 0.3) is 11.3 Å². The van der Waals surface area contributed by atoms with Crippen molar-refractivity contribution in [1.29, 1.82) is 5.26 Å². The van der Waals surface area contributed by atoms with Crippen molar-refractivity contribution in [2.75, 3.05) is 0 Å². The van der Waals surface area contributed by atoms with E-state index >= 15 is 0 Å². The molecule has 2 aliphatic rings. The van der Waals surface area contributed by atoms with Gasteiger partial charge in [0.25, 0.3) is 11.8 Å². The molecule has 6 heteroatoms. The predicted molar refractivity (Wildman–Crippen MR) is 122 cm³/mol. The smallest absolute Gasteiger partial charge is 0.267 e. The van der Waals surface area contributed by atoms with Crippen molar-refractivity contribution in [3.63, 3.8) is 0 Å². The summed E-state index contributed by atoms with van der Waals surface area (Å²) in [5.74, 6) is -1.64. The van der Waals surface area contributed by atoms with Gasteiger partial charge in [0.2, 0.25) is 0 Å². The van der Waals surface area contributed by atoms with Crippen molar-refractivity contribution in [2.45, 2.75) is 4.90 Å². The van der Waals surface area contributed by atoms with E-state index < -0.39 is 17.6 Å². The highest BCUT2D eigenvalue weighted by molar-refractivity contribution is 7.80. The van der Waals surface area contributed by atoms with E-state index in [1.807, 2.05) is 0 Å². The summed E-state index contributed by atoms with van der Waals surface area (Å²) in [6.07, 6.45) is 0. The third-order valence-corrected chi connectivity index (χ3v) is 5.82. The molecule has 0 bridgehead atoms. The van der Waals surface area contributed by atoms with Crippen molar-refractivity contribution in [3.8, 4) is 6.07 Å². The van der Waals surface area contributed by atoms with E-state index in [-0.39, 0.29) is 22.4 Å². The fourth-order valence-corrected chi connectivity index (χ4v) is 4.23. The van der Waals surface area contributed by atoms with Crippen molar-refractivity contribution >= 4 is 41.5 Å². The quantitative estimate of drug-likeness (QED) is 0.474. The van der Waals surface area contributed by atoms with Crippen LogP contribution in [0.15, 0.2) is 94.9 Å². The second kappa shape index (κ2) is 7.49. The van der Waals surface area contributed by atoms with Crippen LogP contribution < -0.4 is 0 Å². The van der Waals surface area contributed by atoms with E-state index in [1.54, 1.807) is 78.9 Å². The summed E-state index contributed by atoms with van der Waals surface area (Å²) in [5.41, 5.74) is 1.83. The normalized spacial score (nSPS) is 14.9. The van der Waals surface area contributed by atoms with E-state index in [2.05, 4.69) is 18.7 Å². The number of ketones is 1. The van der Waals surface area contributed by atoms with Crippen LogP contribution in [0.3, 0.4) is 0 Å². The second-order valence-electron chi connectivity index (χ2n) is 7.32. The molecule has 0 N–H and O–H groups in total. The van der Waals surface area contributed by atoms with E-state index in [1.165, 1.54) is 0 Å². The Balaban J connectivity index is 1.84. The molecular weight excluding hydrogens is 420 g/mol. The van der Waals surface area contributed by atoms with Crippen LogP contribution in [-0.4, -0.2) is 22.5 Å². The van der Waals surface area contributed by atoms with Gasteiger partial charge in [-0.15, -0.1) is 12.6 Å². The highest BCUT2D eigenvalue weighted by Crippen LogP contribution is 2.45. The predicted octanol–water partition coefficient (Wildman–Crippen LogP) is 4.54. The van der Waals surface area contributed by atoms with Crippen LogP contribution in [-0.2, 0) is 4.79 Å². The van der Waals surface area contributed by atoms with Crippen molar-refractivity contribution in [3.05, 3.63) is 112 Å². The molecule has 1 aliphatic heterocycles. The third-order valence-electron chi connectivity index (χ3n) is 5.52. The van der Waals surface area contributed by atoms with E-state index in [9.17, 15) is 19.6 Å². The summed E-state index contributed by atoms with van der Waals surface area (Å²) in [6, 6.07) is 24.0. The van der Waals surface area contributed by atoms with E-state index in [0.29, 0.717) is 27.1 Å². The average molecular weight is 434 g/mol. The minimum absolute atomic E-state index is 0.0366. The first kappa shape index (κ1) is 19.7. The van der Waals surface area contributed by atoms with Crippen molar-refractivity contribution in [1.82, 2.24) is 4.90 Å². The van der Waals surface area contributed by atoms with Gasteiger partial charge in [-0.05, 0) is 29.8 Å². The fourth-order valence-electron chi connectivity index (χ4n) is 4.08. The number of hydrogen-bond donors (Lipinski definition) is 1. The summed E-state index contributed by atoms with van der Waals surface area (Å²) >= 11 is 4.31. The van der Waals surface area contributed by atoms with Crippen LogP contribution >= 0.6 is 12.6 Å².